The molecular weight excluding hydrogens is 640 g/mol. The monoisotopic (exact) mass is 704 g/mol. The lowest BCUT2D eigenvalue weighted by molar-refractivity contribution is -0.144. The van der Waals surface area contributed by atoms with Gasteiger partial charge in [0.25, 0.3) is 5.91 Å². The molecule has 6 amide bonds. The molecule has 3 aliphatic rings. The zero-order valence-electron chi connectivity index (χ0n) is 31.9. The van der Waals surface area contributed by atoms with Crippen molar-refractivity contribution in [2.45, 2.75) is 149 Å². The van der Waals surface area contributed by atoms with Crippen LogP contribution in [-0.4, -0.2) is 95.3 Å². The fourth-order valence-corrected chi connectivity index (χ4v) is 7.53. The van der Waals surface area contributed by atoms with E-state index in [4.69, 9.17) is 10.5 Å². The summed E-state index contributed by atoms with van der Waals surface area (Å²) in [6.45, 7) is 15.5. The predicted octanol–water partition coefficient (Wildman–Crippen LogP) is 4.12. The van der Waals surface area contributed by atoms with Gasteiger partial charge in [-0.15, -0.1) is 0 Å². The highest BCUT2D eigenvalue weighted by Gasteiger charge is 2.48. The first-order chi connectivity index (χ1) is 23.2. The highest BCUT2D eigenvalue weighted by molar-refractivity contribution is 6.37. The summed E-state index contributed by atoms with van der Waals surface area (Å²) in [5.41, 5.74) is 3.97. The second kappa shape index (κ2) is 17.2. The lowest BCUT2D eigenvalue weighted by Gasteiger charge is -2.38. The molecule has 3 rings (SSSR count). The van der Waals surface area contributed by atoms with Crippen molar-refractivity contribution in [3.63, 3.8) is 0 Å². The van der Waals surface area contributed by atoms with E-state index in [0.29, 0.717) is 19.4 Å². The summed E-state index contributed by atoms with van der Waals surface area (Å²) in [5, 5.41) is 8.84. The molecule has 1 saturated heterocycles. The zero-order chi connectivity index (χ0) is 37.6. The number of carbonyl (C=O) groups excluding carboxylic acids is 6. The van der Waals surface area contributed by atoms with Crippen molar-refractivity contribution in [1.82, 2.24) is 25.8 Å². The molecule has 0 spiro atoms. The van der Waals surface area contributed by atoms with Crippen LogP contribution in [0, 0.1) is 29.1 Å². The Hall–Kier alpha value is -3.38. The molecule has 1 aliphatic heterocycles. The van der Waals surface area contributed by atoms with Gasteiger partial charge in [0.1, 0.15) is 17.7 Å². The first-order valence-electron chi connectivity index (χ1n) is 18.6. The maximum atomic E-state index is 14.5. The molecule has 0 bridgehead atoms. The fraction of sp³-hybridized carbons (Fsp3) is 0.838. The normalized spacial score (nSPS) is 22.2. The molecule has 5 atom stereocenters. The van der Waals surface area contributed by atoms with Gasteiger partial charge in [-0.25, -0.2) is 9.59 Å². The summed E-state index contributed by atoms with van der Waals surface area (Å²) >= 11 is 0. The number of Topliss-reactive ketones (excluding diaryl/α,β-unsaturated/α-hetero) is 1. The Morgan fingerprint density at radius 3 is 1.98 bits per heavy atom. The zero-order valence-corrected chi connectivity index (χ0v) is 31.9. The highest BCUT2D eigenvalue weighted by Crippen LogP contribution is 2.35. The lowest BCUT2D eigenvalue weighted by atomic mass is 9.80. The van der Waals surface area contributed by atoms with Crippen molar-refractivity contribution >= 4 is 35.6 Å². The molecule has 2 aliphatic carbocycles. The first-order valence-corrected chi connectivity index (χ1v) is 18.6. The molecule has 1 unspecified atom stereocenters. The number of hydrogen-bond acceptors (Lipinski definition) is 7. The van der Waals surface area contributed by atoms with Crippen molar-refractivity contribution in [3.8, 4) is 0 Å². The van der Waals surface area contributed by atoms with Gasteiger partial charge in [0.05, 0.1) is 12.1 Å². The van der Waals surface area contributed by atoms with Crippen LogP contribution in [0.15, 0.2) is 0 Å². The number of hydrogen-bond donors (Lipinski definition) is 4. The Morgan fingerprint density at radius 2 is 1.48 bits per heavy atom. The number of ketones is 1. The number of nitrogens with one attached hydrogen (secondary N) is 3. The molecule has 1 heterocycles. The van der Waals surface area contributed by atoms with E-state index < -0.39 is 64.8 Å². The van der Waals surface area contributed by atoms with Gasteiger partial charge in [-0.05, 0) is 75.5 Å². The number of nitrogens with zero attached hydrogens (tertiary/aromatic N) is 2. The standard InChI is InChI=1S/C37H64N6O7/c1-22(2)25-18-19-43(28(25)32(46)39-26(29(44)31(38)45)20-23-14-13-15-23)33(47)30(36(3,4)5)41-34(48)40-27(24-16-11-10-12-17-24)21-42(9)35(49)50-37(6,7)8/h22-28,30H,10-21H2,1-9H3,(H2,38,45)(H,39,46)(H2,40,41,48)/t25-,26?,27-,28+,30-/m1/s1. The highest BCUT2D eigenvalue weighted by atomic mass is 16.6. The molecule has 0 aromatic heterocycles. The number of rotatable bonds is 13. The van der Waals surface area contributed by atoms with E-state index in [2.05, 4.69) is 16.0 Å². The van der Waals surface area contributed by atoms with E-state index in [1.807, 2.05) is 34.6 Å². The maximum Gasteiger partial charge on any atom is 0.410 e. The number of likely N-dealkylation sites (tertiary alicyclic amines) is 1. The van der Waals surface area contributed by atoms with Crippen LogP contribution in [-0.2, 0) is 23.9 Å². The summed E-state index contributed by atoms with van der Waals surface area (Å²) in [6, 6.07) is -3.82. The van der Waals surface area contributed by atoms with E-state index in [9.17, 15) is 28.8 Å². The predicted molar refractivity (Wildman–Crippen MR) is 191 cm³/mol. The Labute approximate surface area is 298 Å². The molecule has 0 aromatic rings. The fourth-order valence-electron chi connectivity index (χ4n) is 7.53. The number of urea groups is 1. The summed E-state index contributed by atoms with van der Waals surface area (Å²) in [7, 11) is 1.66. The summed E-state index contributed by atoms with van der Waals surface area (Å²) in [6.07, 6.45) is 8.31. The van der Waals surface area contributed by atoms with E-state index in [0.717, 1.165) is 51.4 Å². The quantitative estimate of drug-likeness (QED) is 0.208. The molecule has 50 heavy (non-hydrogen) atoms. The summed E-state index contributed by atoms with van der Waals surface area (Å²) < 4.78 is 5.56. The number of amides is 6. The summed E-state index contributed by atoms with van der Waals surface area (Å²) in [4.78, 5) is 82.7. The van der Waals surface area contributed by atoms with E-state index >= 15 is 0 Å². The molecule has 5 N–H and O–H groups in total. The Morgan fingerprint density at radius 1 is 0.860 bits per heavy atom. The van der Waals surface area contributed by atoms with Crippen LogP contribution < -0.4 is 21.7 Å². The van der Waals surface area contributed by atoms with Gasteiger partial charge >= 0.3 is 12.1 Å². The van der Waals surface area contributed by atoms with Gasteiger partial charge in [-0.3, -0.25) is 19.2 Å². The van der Waals surface area contributed by atoms with Crippen LogP contribution in [0.5, 0.6) is 0 Å². The van der Waals surface area contributed by atoms with Crippen molar-refractivity contribution in [2.75, 3.05) is 20.1 Å². The van der Waals surface area contributed by atoms with Gasteiger partial charge in [-0.1, -0.05) is 73.1 Å². The average Bonchev–Trinajstić information content (AvgIpc) is 3.45. The van der Waals surface area contributed by atoms with Crippen LogP contribution in [0.25, 0.3) is 0 Å². The average molecular weight is 705 g/mol. The largest absolute Gasteiger partial charge is 0.444 e. The molecule has 13 nitrogen and oxygen atoms in total. The van der Waals surface area contributed by atoms with E-state index in [1.165, 1.54) is 9.80 Å². The van der Waals surface area contributed by atoms with Crippen LogP contribution in [0.1, 0.15) is 120 Å². The topological polar surface area (TPSA) is 180 Å². The summed E-state index contributed by atoms with van der Waals surface area (Å²) in [5.74, 6) is -2.60. The third-order valence-corrected chi connectivity index (χ3v) is 10.6. The molecule has 3 fully saturated rings. The SMILES string of the molecule is CC(C)[C@H]1CCN(C(=O)[C@@H](NC(=O)N[C@H](CN(C)C(=O)OC(C)(C)C)C2CCCCC2)C(C)(C)C)[C@@H]1C(=O)NC(CC1CCC1)C(=O)C(N)=O. The molecule has 0 radical (unpaired) electrons. The second-order valence-electron chi connectivity index (χ2n) is 17.3. The van der Waals surface area contributed by atoms with Crippen LogP contribution in [0.3, 0.4) is 0 Å². The van der Waals surface area contributed by atoms with Gasteiger partial charge in [0, 0.05) is 20.1 Å². The van der Waals surface area contributed by atoms with Crippen molar-refractivity contribution < 1.29 is 33.5 Å². The molecule has 2 saturated carbocycles. The van der Waals surface area contributed by atoms with Crippen LogP contribution in [0.2, 0.25) is 0 Å². The number of carbonyl (C=O) groups is 6. The van der Waals surface area contributed by atoms with E-state index in [1.54, 1.807) is 27.8 Å². The maximum absolute atomic E-state index is 14.5. The minimum absolute atomic E-state index is 0.0445. The Kier molecular flexibility index (Phi) is 14.1. The third-order valence-electron chi connectivity index (χ3n) is 10.6. The van der Waals surface area contributed by atoms with Crippen LogP contribution >= 0.6 is 0 Å². The van der Waals surface area contributed by atoms with Gasteiger partial charge < -0.3 is 36.2 Å². The van der Waals surface area contributed by atoms with Gasteiger partial charge in [-0.2, -0.15) is 0 Å². The second-order valence-corrected chi connectivity index (χ2v) is 17.3. The molecule has 13 heteroatoms. The number of ether oxygens (including phenoxy) is 1. The molecule has 284 valence electrons. The minimum Gasteiger partial charge on any atom is -0.444 e. The lowest BCUT2D eigenvalue weighted by Crippen LogP contribution is -2.62. The smallest absolute Gasteiger partial charge is 0.410 e. The number of nitrogens with two attached hydrogens (primary N) is 1. The van der Waals surface area contributed by atoms with Crippen molar-refractivity contribution in [2.24, 2.45) is 34.8 Å². The molecule has 0 aromatic carbocycles. The van der Waals surface area contributed by atoms with Crippen molar-refractivity contribution in [1.29, 1.82) is 0 Å². The first kappa shape index (κ1) is 41.0. The third kappa shape index (κ3) is 11.3. The Bertz CT molecular complexity index is 1230. The van der Waals surface area contributed by atoms with Gasteiger partial charge in [0.15, 0.2) is 0 Å². The van der Waals surface area contributed by atoms with Crippen LogP contribution in [0.4, 0.5) is 9.59 Å². The number of primary amides is 1. The minimum atomic E-state index is -1.10. The van der Waals surface area contributed by atoms with E-state index in [-0.39, 0.29) is 36.3 Å². The Balaban J connectivity index is 1.82. The van der Waals surface area contributed by atoms with Gasteiger partial charge in [0.2, 0.25) is 17.6 Å². The van der Waals surface area contributed by atoms with Crippen molar-refractivity contribution in [3.05, 3.63) is 0 Å². The number of likely N-dealkylation sites (N-methyl/N-ethyl adjacent to an activating group) is 1. The molecular formula is C37H64N6O7.